The largest absolute Gasteiger partial charge is 0.254 e. The zero-order chi connectivity index (χ0) is 8.10. The van der Waals surface area contributed by atoms with Crippen molar-refractivity contribution in [2.45, 2.75) is 32.6 Å². The van der Waals surface area contributed by atoms with Gasteiger partial charge in [-0.2, -0.15) is 0 Å². The van der Waals surface area contributed by atoms with Crippen LogP contribution < -0.4 is 0 Å². The Hall–Kier alpha value is -0.440. The third-order valence-electron chi connectivity index (χ3n) is 1.66. The zero-order valence-corrected chi connectivity index (χ0v) is 7.56. The molecule has 1 aliphatic rings. The average molecular weight is 171 g/mol. The SMILES string of the molecule is CCCCCC1=CN=CS1=O. The van der Waals surface area contributed by atoms with Crippen LogP contribution >= 0.6 is 0 Å². The van der Waals surface area contributed by atoms with E-state index < -0.39 is 10.8 Å². The Morgan fingerprint density at radius 1 is 1.55 bits per heavy atom. The second-order valence-corrected chi connectivity index (χ2v) is 3.93. The first kappa shape index (κ1) is 8.65. The lowest BCUT2D eigenvalue weighted by molar-refractivity contribution is 0.687. The van der Waals surface area contributed by atoms with E-state index in [4.69, 9.17) is 0 Å². The second-order valence-electron chi connectivity index (χ2n) is 2.60. The number of unbranched alkanes of at least 4 members (excludes halogenated alkanes) is 2. The molecule has 1 aliphatic heterocycles. The Balaban J connectivity index is 2.23. The Bertz CT molecular complexity index is 208. The van der Waals surface area contributed by atoms with E-state index in [1.54, 1.807) is 6.20 Å². The summed E-state index contributed by atoms with van der Waals surface area (Å²) in [5.41, 5.74) is 1.50. The number of rotatable bonds is 4. The van der Waals surface area contributed by atoms with Crippen molar-refractivity contribution in [3.8, 4) is 0 Å². The topological polar surface area (TPSA) is 29.4 Å². The highest BCUT2D eigenvalue weighted by atomic mass is 32.2. The number of hydrogen-bond acceptors (Lipinski definition) is 2. The third-order valence-corrected chi connectivity index (χ3v) is 2.80. The molecule has 0 radical (unpaired) electrons. The number of hydrogen-bond donors (Lipinski definition) is 0. The van der Waals surface area contributed by atoms with Gasteiger partial charge in [0, 0.05) is 11.1 Å². The molecule has 2 nitrogen and oxygen atoms in total. The van der Waals surface area contributed by atoms with Crippen LogP contribution in [0.15, 0.2) is 16.1 Å². The summed E-state index contributed by atoms with van der Waals surface area (Å²) in [6.07, 6.45) is 6.24. The summed E-state index contributed by atoms with van der Waals surface area (Å²) in [5.74, 6) is 0. The first-order valence-corrected chi connectivity index (χ1v) is 5.19. The molecule has 1 heterocycles. The molecule has 0 saturated heterocycles. The van der Waals surface area contributed by atoms with Crippen molar-refractivity contribution < 1.29 is 4.21 Å². The van der Waals surface area contributed by atoms with Crippen LogP contribution in [0, 0.1) is 0 Å². The fraction of sp³-hybridized carbons (Fsp3) is 0.625. The van der Waals surface area contributed by atoms with Crippen LogP contribution in [0.5, 0.6) is 0 Å². The average Bonchev–Trinajstić information content (AvgIpc) is 2.37. The van der Waals surface area contributed by atoms with Gasteiger partial charge in [-0.1, -0.05) is 19.8 Å². The number of nitrogens with zero attached hydrogens (tertiary/aromatic N) is 1. The molecule has 1 unspecified atom stereocenters. The van der Waals surface area contributed by atoms with E-state index in [1.165, 1.54) is 18.4 Å². The highest BCUT2D eigenvalue weighted by Crippen LogP contribution is 2.15. The predicted octanol–water partition coefficient (Wildman–Crippen LogP) is 2.20. The standard InChI is InChI=1S/C8H13NOS/c1-2-3-4-5-8-6-9-7-11(8)10/h6-7H,2-5H2,1H3. The van der Waals surface area contributed by atoms with Crippen molar-refractivity contribution in [3.05, 3.63) is 11.1 Å². The summed E-state index contributed by atoms with van der Waals surface area (Å²) in [6, 6.07) is 0. The fourth-order valence-corrected chi connectivity index (χ4v) is 1.82. The maximum absolute atomic E-state index is 11.1. The Kier molecular flexibility index (Phi) is 3.49. The Labute approximate surface area is 69.9 Å². The van der Waals surface area contributed by atoms with Gasteiger partial charge < -0.3 is 0 Å². The van der Waals surface area contributed by atoms with Crippen LogP contribution in [0.4, 0.5) is 0 Å². The van der Waals surface area contributed by atoms with Crippen molar-refractivity contribution in [1.82, 2.24) is 0 Å². The fourth-order valence-electron chi connectivity index (χ4n) is 1.00. The zero-order valence-electron chi connectivity index (χ0n) is 6.75. The van der Waals surface area contributed by atoms with Crippen LogP contribution in [0.3, 0.4) is 0 Å². The van der Waals surface area contributed by atoms with Gasteiger partial charge in [-0.15, -0.1) is 0 Å². The van der Waals surface area contributed by atoms with Crippen LogP contribution in [-0.4, -0.2) is 9.76 Å². The molecule has 0 aromatic heterocycles. The Morgan fingerprint density at radius 3 is 2.91 bits per heavy atom. The molecule has 1 rings (SSSR count). The monoisotopic (exact) mass is 171 g/mol. The van der Waals surface area contributed by atoms with Gasteiger partial charge in [0.05, 0.1) is 16.3 Å². The molecule has 0 amide bonds. The summed E-state index contributed by atoms with van der Waals surface area (Å²) < 4.78 is 11.1. The van der Waals surface area contributed by atoms with Crippen LogP contribution in [0.1, 0.15) is 32.6 Å². The minimum absolute atomic E-state index is 0.895. The summed E-state index contributed by atoms with van der Waals surface area (Å²) in [6.45, 7) is 2.16. The second kappa shape index (κ2) is 4.44. The summed E-state index contributed by atoms with van der Waals surface area (Å²) in [4.78, 5) is 4.82. The van der Waals surface area contributed by atoms with Crippen molar-refractivity contribution in [3.63, 3.8) is 0 Å². The molecule has 1 atom stereocenters. The summed E-state index contributed by atoms with van der Waals surface area (Å²) in [5, 5.41) is 0. The Morgan fingerprint density at radius 2 is 2.36 bits per heavy atom. The van der Waals surface area contributed by atoms with Gasteiger partial charge in [0.15, 0.2) is 0 Å². The summed E-state index contributed by atoms with van der Waals surface area (Å²) in [7, 11) is -0.895. The normalized spacial score (nSPS) is 22.3. The summed E-state index contributed by atoms with van der Waals surface area (Å²) >= 11 is 0. The highest BCUT2D eigenvalue weighted by Gasteiger charge is 2.08. The number of aliphatic imine (C=N–C) groups is 1. The van der Waals surface area contributed by atoms with Crippen molar-refractivity contribution in [1.29, 1.82) is 0 Å². The molecule has 0 spiro atoms. The predicted molar refractivity (Wildman–Crippen MR) is 48.9 cm³/mol. The van der Waals surface area contributed by atoms with E-state index >= 15 is 0 Å². The minimum Gasteiger partial charge on any atom is -0.254 e. The van der Waals surface area contributed by atoms with E-state index in [2.05, 4.69) is 11.9 Å². The maximum Gasteiger partial charge on any atom is 0.0955 e. The lowest BCUT2D eigenvalue weighted by Gasteiger charge is -1.97. The van der Waals surface area contributed by atoms with Crippen molar-refractivity contribution in [2.75, 3.05) is 0 Å². The van der Waals surface area contributed by atoms with Gasteiger partial charge in [0.25, 0.3) is 0 Å². The molecule has 0 aliphatic carbocycles. The van der Waals surface area contributed by atoms with Gasteiger partial charge >= 0.3 is 0 Å². The molecule has 11 heavy (non-hydrogen) atoms. The lowest BCUT2D eigenvalue weighted by atomic mass is 10.2. The van der Waals surface area contributed by atoms with E-state index in [9.17, 15) is 4.21 Å². The molecule has 62 valence electrons. The molecule has 0 saturated carbocycles. The van der Waals surface area contributed by atoms with E-state index in [-0.39, 0.29) is 0 Å². The molecular weight excluding hydrogens is 158 g/mol. The third kappa shape index (κ3) is 2.58. The van der Waals surface area contributed by atoms with Gasteiger partial charge in [-0.25, -0.2) is 4.21 Å². The molecule has 0 fully saturated rings. The quantitative estimate of drug-likeness (QED) is 0.596. The molecule has 0 aromatic rings. The van der Waals surface area contributed by atoms with Gasteiger partial charge in [-0.3, -0.25) is 4.99 Å². The maximum atomic E-state index is 11.1. The van der Waals surface area contributed by atoms with Gasteiger partial charge in [0.1, 0.15) is 0 Å². The minimum atomic E-state index is -0.895. The van der Waals surface area contributed by atoms with Crippen LogP contribution in [0.25, 0.3) is 0 Å². The van der Waals surface area contributed by atoms with E-state index in [0.29, 0.717) is 0 Å². The van der Waals surface area contributed by atoms with Crippen LogP contribution in [-0.2, 0) is 10.8 Å². The molecule has 3 heteroatoms. The lowest BCUT2D eigenvalue weighted by Crippen LogP contribution is -1.90. The van der Waals surface area contributed by atoms with Crippen molar-refractivity contribution >= 4 is 16.3 Å². The first-order chi connectivity index (χ1) is 5.34. The molecule has 0 aromatic carbocycles. The number of allylic oxidation sites excluding steroid dienone is 1. The van der Waals surface area contributed by atoms with Crippen molar-refractivity contribution in [2.24, 2.45) is 4.99 Å². The van der Waals surface area contributed by atoms with Crippen LogP contribution in [0.2, 0.25) is 0 Å². The molecular formula is C8H13NOS. The molecule has 0 N–H and O–H groups in total. The highest BCUT2D eigenvalue weighted by molar-refractivity contribution is 8.02. The van der Waals surface area contributed by atoms with Gasteiger partial charge in [0.2, 0.25) is 0 Å². The smallest absolute Gasteiger partial charge is 0.0955 e. The van der Waals surface area contributed by atoms with E-state index in [1.807, 2.05) is 0 Å². The molecule has 0 bridgehead atoms. The van der Waals surface area contributed by atoms with Gasteiger partial charge in [-0.05, 0) is 12.8 Å². The first-order valence-electron chi connectivity index (χ1n) is 3.97. The van der Waals surface area contributed by atoms with E-state index in [0.717, 1.165) is 17.7 Å².